The van der Waals surface area contributed by atoms with Crippen LogP contribution in [0.1, 0.15) is 35.7 Å². The maximum absolute atomic E-state index is 12.4. The molecule has 0 unspecified atom stereocenters. The lowest BCUT2D eigenvalue weighted by Gasteiger charge is -2.12. The molecular formula is C24H28N4O7. The zero-order valence-corrected chi connectivity index (χ0v) is 20.2. The first-order valence-electron chi connectivity index (χ1n) is 10.8. The molecule has 0 aliphatic heterocycles. The van der Waals surface area contributed by atoms with E-state index in [2.05, 4.69) is 20.8 Å². The Morgan fingerprint density at radius 1 is 0.971 bits per heavy atom. The van der Waals surface area contributed by atoms with Gasteiger partial charge in [-0.3, -0.25) is 0 Å². The van der Waals surface area contributed by atoms with Gasteiger partial charge in [0.05, 0.1) is 26.9 Å². The topological polar surface area (TPSA) is 134 Å². The van der Waals surface area contributed by atoms with Gasteiger partial charge < -0.3 is 34.0 Å². The van der Waals surface area contributed by atoms with Crippen molar-refractivity contribution in [2.75, 3.05) is 21.3 Å². The molecule has 0 aliphatic rings. The third-order valence-electron chi connectivity index (χ3n) is 4.77. The molecule has 11 heteroatoms. The van der Waals surface area contributed by atoms with Crippen LogP contribution in [0.5, 0.6) is 17.2 Å². The van der Waals surface area contributed by atoms with E-state index in [1.54, 1.807) is 36.4 Å². The Hall–Kier alpha value is -4.28. The molecule has 3 aromatic rings. The van der Waals surface area contributed by atoms with E-state index in [1.165, 1.54) is 21.3 Å². The molecule has 0 saturated heterocycles. The number of nitrogens with zero attached hydrogens (tertiary/aromatic N) is 2. The standard InChI is InChI=1S/C24H28N4O7/c1-14(2)26-24(30)25-12-15-6-8-16(9-7-15)23(29)34-13-20-27-28-22(35-20)17-10-18(31-3)21(33-5)19(11-17)32-4/h6-11,14H,12-13H2,1-5H3,(H2,25,26,30). The lowest BCUT2D eigenvalue weighted by molar-refractivity contribution is 0.0438. The first-order valence-corrected chi connectivity index (χ1v) is 10.8. The van der Waals surface area contributed by atoms with Crippen molar-refractivity contribution in [3.05, 3.63) is 53.4 Å². The van der Waals surface area contributed by atoms with Crippen molar-refractivity contribution in [1.29, 1.82) is 0 Å². The zero-order valence-electron chi connectivity index (χ0n) is 20.2. The lowest BCUT2D eigenvalue weighted by atomic mass is 10.1. The van der Waals surface area contributed by atoms with Crippen molar-refractivity contribution < 1.29 is 33.0 Å². The highest BCUT2D eigenvalue weighted by Gasteiger charge is 2.18. The van der Waals surface area contributed by atoms with E-state index in [4.69, 9.17) is 23.4 Å². The predicted octanol–water partition coefficient (Wildman–Crippen LogP) is 3.33. The molecular weight excluding hydrogens is 456 g/mol. The Bertz CT molecular complexity index is 1130. The number of urea groups is 1. The van der Waals surface area contributed by atoms with Crippen LogP contribution in [0.2, 0.25) is 0 Å². The fourth-order valence-electron chi connectivity index (χ4n) is 3.10. The molecule has 2 amide bonds. The van der Waals surface area contributed by atoms with Gasteiger partial charge in [-0.2, -0.15) is 0 Å². The van der Waals surface area contributed by atoms with Crippen LogP contribution in [-0.4, -0.2) is 49.6 Å². The molecule has 2 N–H and O–H groups in total. The number of amides is 2. The van der Waals surface area contributed by atoms with Crippen LogP contribution in [-0.2, 0) is 17.9 Å². The molecule has 186 valence electrons. The maximum atomic E-state index is 12.4. The predicted molar refractivity (Wildman–Crippen MR) is 125 cm³/mol. The number of hydrogen-bond donors (Lipinski definition) is 2. The minimum Gasteiger partial charge on any atom is -0.493 e. The minimum absolute atomic E-state index is 0.0453. The van der Waals surface area contributed by atoms with Crippen molar-refractivity contribution in [2.45, 2.75) is 33.0 Å². The van der Waals surface area contributed by atoms with Gasteiger partial charge in [0.25, 0.3) is 5.89 Å². The molecule has 1 aromatic heterocycles. The SMILES string of the molecule is COc1cc(-c2nnc(COC(=O)c3ccc(CNC(=O)NC(C)C)cc3)o2)cc(OC)c1OC. The van der Waals surface area contributed by atoms with Gasteiger partial charge in [0.15, 0.2) is 18.1 Å². The first kappa shape index (κ1) is 25.3. The molecule has 0 radical (unpaired) electrons. The second-order valence-corrected chi connectivity index (χ2v) is 7.67. The van der Waals surface area contributed by atoms with Gasteiger partial charge in [0.1, 0.15) is 0 Å². The van der Waals surface area contributed by atoms with E-state index in [9.17, 15) is 9.59 Å². The Morgan fingerprint density at radius 2 is 1.63 bits per heavy atom. The summed E-state index contributed by atoms with van der Waals surface area (Å²) in [5.41, 5.74) is 1.74. The summed E-state index contributed by atoms with van der Waals surface area (Å²) in [6.45, 7) is 3.89. The molecule has 35 heavy (non-hydrogen) atoms. The van der Waals surface area contributed by atoms with Gasteiger partial charge in [-0.25, -0.2) is 9.59 Å². The van der Waals surface area contributed by atoms with Crippen molar-refractivity contribution >= 4 is 12.0 Å². The van der Waals surface area contributed by atoms with Gasteiger partial charge in [0.2, 0.25) is 11.6 Å². The third-order valence-corrected chi connectivity index (χ3v) is 4.77. The number of carbonyl (C=O) groups excluding carboxylic acids is 2. The smallest absolute Gasteiger partial charge is 0.338 e. The van der Waals surface area contributed by atoms with Crippen molar-refractivity contribution in [2.24, 2.45) is 0 Å². The minimum atomic E-state index is -0.547. The van der Waals surface area contributed by atoms with Crippen LogP contribution in [0.15, 0.2) is 40.8 Å². The van der Waals surface area contributed by atoms with E-state index in [0.717, 1.165) is 5.56 Å². The summed E-state index contributed by atoms with van der Waals surface area (Å²) in [6, 6.07) is 9.85. The second kappa shape index (κ2) is 11.7. The molecule has 0 bridgehead atoms. The number of esters is 1. The van der Waals surface area contributed by atoms with Crippen molar-refractivity contribution in [3.8, 4) is 28.7 Å². The highest BCUT2D eigenvalue weighted by molar-refractivity contribution is 5.89. The third kappa shape index (κ3) is 6.62. The molecule has 2 aromatic carbocycles. The largest absolute Gasteiger partial charge is 0.493 e. The van der Waals surface area contributed by atoms with E-state index < -0.39 is 5.97 Å². The molecule has 0 aliphatic carbocycles. The number of carbonyl (C=O) groups is 2. The van der Waals surface area contributed by atoms with Gasteiger partial charge in [-0.05, 0) is 43.7 Å². The Balaban J connectivity index is 1.59. The zero-order chi connectivity index (χ0) is 25.4. The highest BCUT2D eigenvalue weighted by atomic mass is 16.5. The fourth-order valence-corrected chi connectivity index (χ4v) is 3.10. The normalized spacial score (nSPS) is 10.6. The summed E-state index contributed by atoms with van der Waals surface area (Å²) in [5, 5.41) is 13.4. The summed E-state index contributed by atoms with van der Waals surface area (Å²) in [5.74, 6) is 1.09. The summed E-state index contributed by atoms with van der Waals surface area (Å²) in [7, 11) is 4.52. The van der Waals surface area contributed by atoms with Crippen LogP contribution in [0.25, 0.3) is 11.5 Å². The lowest BCUT2D eigenvalue weighted by Crippen LogP contribution is -2.39. The Morgan fingerprint density at radius 3 is 2.20 bits per heavy atom. The van der Waals surface area contributed by atoms with Gasteiger partial charge in [-0.1, -0.05) is 12.1 Å². The van der Waals surface area contributed by atoms with Crippen molar-refractivity contribution in [3.63, 3.8) is 0 Å². The quantitative estimate of drug-likeness (QED) is 0.416. The summed E-state index contributed by atoms with van der Waals surface area (Å²) >= 11 is 0. The van der Waals surface area contributed by atoms with Crippen LogP contribution >= 0.6 is 0 Å². The number of methoxy groups -OCH3 is 3. The highest BCUT2D eigenvalue weighted by Crippen LogP contribution is 2.40. The maximum Gasteiger partial charge on any atom is 0.338 e. The molecule has 3 rings (SSSR count). The van der Waals surface area contributed by atoms with E-state index in [-0.39, 0.29) is 30.5 Å². The van der Waals surface area contributed by atoms with E-state index in [1.807, 2.05) is 13.8 Å². The summed E-state index contributed by atoms with van der Waals surface area (Å²) in [4.78, 5) is 24.1. The second-order valence-electron chi connectivity index (χ2n) is 7.67. The average molecular weight is 485 g/mol. The Labute approximate surface area is 202 Å². The van der Waals surface area contributed by atoms with E-state index in [0.29, 0.717) is 34.9 Å². The number of benzene rings is 2. The van der Waals surface area contributed by atoms with Crippen LogP contribution in [0.4, 0.5) is 4.79 Å². The van der Waals surface area contributed by atoms with E-state index >= 15 is 0 Å². The number of rotatable bonds is 10. The molecule has 1 heterocycles. The number of hydrogen-bond acceptors (Lipinski definition) is 9. The molecule has 0 fully saturated rings. The van der Waals surface area contributed by atoms with Gasteiger partial charge >= 0.3 is 12.0 Å². The monoisotopic (exact) mass is 484 g/mol. The molecule has 0 atom stereocenters. The van der Waals surface area contributed by atoms with Crippen molar-refractivity contribution in [1.82, 2.24) is 20.8 Å². The van der Waals surface area contributed by atoms with Crippen LogP contribution < -0.4 is 24.8 Å². The van der Waals surface area contributed by atoms with Crippen LogP contribution in [0, 0.1) is 0 Å². The fraction of sp³-hybridized carbons (Fsp3) is 0.333. The number of ether oxygens (including phenoxy) is 4. The number of aromatic nitrogens is 2. The van der Waals surface area contributed by atoms with Gasteiger partial charge in [0, 0.05) is 18.2 Å². The Kier molecular flexibility index (Phi) is 8.49. The molecule has 11 nitrogen and oxygen atoms in total. The molecule has 0 saturated carbocycles. The summed E-state index contributed by atoms with van der Waals surface area (Å²) < 4.78 is 26.9. The van der Waals surface area contributed by atoms with Gasteiger partial charge in [-0.15, -0.1) is 10.2 Å². The molecule has 0 spiro atoms. The average Bonchev–Trinajstić information content (AvgIpc) is 3.34. The van der Waals surface area contributed by atoms with Crippen LogP contribution in [0.3, 0.4) is 0 Å². The number of nitrogens with one attached hydrogen (secondary N) is 2. The summed E-state index contributed by atoms with van der Waals surface area (Å²) in [6.07, 6.45) is 0. The first-order chi connectivity index (χ1) is 16.8.